The van der Waals surface area contributed by atoms with E-state index in [1.165, 1.54) is 12.0 Å². The molecule has 1 aliphatic carbocycles. The molecule has 2 amide bonds. The normalized spacial score (nSPS) is 14.4. The number of rotatable bonds is 12. The van der Waals surface area contributed by atoms with Gasteiger partial charge in [-0.2, -0.15) is 0 Å². The SMILES string of the molecule is Cc1ccc(CN(C(=O)CCCOc2ccccc2)[C@@H](Cc2ccccc2)C(=O)NC2CCCCC2)cc1. The first-order valence-corrected chi connectivity index (χ1v) is 14.0. The molecule has 0 radical (unpaired) electrons. The summed E-state index contributed by atoms with van der Waals surface area (Å²) in [4.78, 5) is 29.3. The summed E-state index contributed by atoms with van der Waals surface area (Å²) >= 11 is 0. The van der Waals surface area contributed by atoms with Gasteiger partial charge >= 0.3 is 0 Å². The Morgan fingerprint density at radius 2 is 1.53 bits per heavy atom. The average molecular weight is 513 g/mol. The number of hydrogen-bond acceptors (Lipinski definition) is 3. The van der Waals surface area contributed by atoms with Crippen molar-refractivity contribution in [2.75, 3.05) is 6.61 Å². The minimum absolute atomic E-state index is 0.0260. The van der Waals surface area contributed by atoms with Gasteiger partial charge in [-0.1, -0.05) is 97.6 Å². The van der Waals surface area contributed by atoms with Crippen molar-refractivity contribution >= 4 is 11.8 Å². The molecule has 200 valence electrons. The predicted octanol–water partition coefficient (Wildman–Crippen LogP) is 6.24. The molecular weight excluding hydrogens is 472 g/mol. The third-order valence-electron chi connectivity index (χ3n) is 7.24. The lowest BCUT2D eigenvalue weighted by Gasteiger charge is -2.33. The van der Waals surface area contributed by atoms with Crippen LogP contribution in [0.5, 0.6) is 5.75 Å². The lowest BCUT2D eigenvalue weighted by atomic mass is 9.94. The summed E-state index contributed by atoms with van der Waals surface area (Å²) < 4.78 is 5.82. The smallest absolute Gasteiger partial charge is 0.243 e. The predicted molar refractivity (Wildman–Crippen MR) is 152 cm³/mol. The molecule has 1 saturated carbocycles. The molecule has 5 heteroatoms. The molecule has 0 unspecified atom stereocenters. The van der Waals surface area contributed by atoms with Gasteiger partial charge in [-0.25, -0.2) is 0 Å². The highest BCUT2D eigenvalue weighted by Gasteiger charge is 2.31. The van der Waals surface area contributed by atoms with E-state index in [9.17, 15) is 9.59 Å². The Labute approximate surface area is 227 Å². The number of para-hydroxylation sites is 1. The van der Waals surface area contributed by atoms with Crippen molar-refractivity contribution in [3.05, 3.63) is 102 Å². The van der Waals surface area contributed by atoms with E-state index >= 15 is 0 Å². The highest BCUT2D eigenvalue weighted by atomic mass is 16.5. The maximum atomic E-state index is 13.8. The largest absolute Gasteiger partial charge is 0.494 e. The molecule has 3 aromatic carbocycles. The lowest BCUT2D eigenvalue weighted by molar-refractivity contribution is -0.141. The van der Waals surface area contributed by atoms with Gasteiger partial charge in [0, 0.05) is 25.4 Å². The van der Waals surface area contributed by atoms with Gasteiger partial charge in [-0.3, -0.25) is 9.59 Å². The van der Waals surface area contributed by atoms with Gasteiger partial charge in [-0.05, 0) is 49.4 Å². The Kier molecular flexibility index (Phi) is 10.4. The van der Waals surface area contributed by atoms with Crippen LogP contribution in [-0.4, -0.2) is 35.4 Å². The Hall–Kier alpha value is -3.60. The van der Waals surface area contributed by atoms with Gasteiger partial charge in [-0.15, -0.1) is 0 Å². The monoisotopic (exact) mass is 512 g/mol. The van der Waals surface area contributed by atoms with E-state index < -0.39 is 6.04 Å². The second-order valence-corrected chi connectivity index (χ2v) is 10.3. The quantitative estimate of drug-likeness (QED) is 0.292. The number of benzene rings is 3. The van der Waals surface area contributed by atoms with E-state index in [4.69, 9.17) is 4.74 Å². The summed E-state index contributed by atoms with van der Waals surface area (Å²) in [6, 6.07) is 27.5. The zero-order valence-corrected chi connectivity index (χ0v) is 22.5. The second kappa shape index (κ2) is 14.4. The van der Waals surface area contributed by atoms with E-state index in [0.717, 1.165) is 42.6 Å². The van der Waals surface area contributed by atoms with Crippen LogP contribution in [-0.2, 0) is 22.6 Å². The van der Waals surface area contributed by atoms with E-state index in [2.05, 4.69) is 24.4 Å². The average Bonchev–Trinajstić information content (AvgIpc) is 2.95. The summed E-state index contributed by atoms with van der Waals surface area (Å²) in [5, 5.41) is 3.30. The van der Waals surface area contributed by atoms with E-state index in [-0.39, 0.29) is 17.9 Å². The Bertz CT molecular complexity index is 1130. The molecule has 0 aliphatic heterocycles. The fourth-order valence-electron chi connectivity index (χ4n) is 5.06. The molecule has 0 spiro atoms. The number of carbonyl (C=O) groups excluding carboxylic acids is 2. The van der Waals surface area contributed by atoms with Gasteiger partial charge in [0.2, 0.25) is 11.8 Å². The van der Waals surface area contributed by atoms with Crippen molar-refractivity contribution in [2.24, 2.45) is 0 Å². The van der Waals surface area contributed by atoms with Crippen molar-refractivity contribution in [1.29, 1.82) is 0 Å². The van der Waals surface area contributed by atoms with Crippen LogP contribution in [0.1, 0.15) is 61.6 Å². The number of hydrogen-bond donors (Lipinski definition) is 1. The van der Waals surface area contributed by atoms with Crippen LogP contribution in [0.15, 0.2) is 84.9 Å². The standard InChI is InChI=1S/C33H40N2O3/c1-26-19-21-28(22-20-26)25-35(32(36)18-11-23-38-30-16-9-4-10-17-30)31(24-27-12-5-2-6-13-27)33(37)34-29-14-7-3-8-15-29/h2,4-6,9-10,12-13,16-17,19-22,29,31H,3,7-8,11,14-15,18,23-25H2,1H3,(H,34,37)/t31-/m0/s1. The molecule has 0 saturated heterocycles. The zero-order valence-electron chi connectivity index (χ0n) is 22.5. The summed E-state index contributed by atoms with van der Waals surface area (Å²) in [5.74, 6) is 0.717. The van der Waals surface area contributed by atoms with Crippen molar-refractivity contribution in [1.82, 2.24) is 10.2 Å². The third-order valence-corrected chi connectivity index (χ3v) is 7.24. The van der Waals surface area contributed by atoms with Crippen LogP contribution in [0.4, 0.5) is 0 Å². The fourth-order valence-corrected chi connectivity index (χ4v) is 5.06. The first-order chi connectivity index (χ1) is 18.6. The Balaban J connectivity index is 1.52. The van der Waals surface area contributed by atoms with Gasteiger partial charge in [0.25, 0.3) is 0 Å². The van der Waals surface area contributed by atoms with Crippen molar-refractivity contribution in [3.63, 3.8) is 0 Å². The number of carbonyl (C=O) groups is 2. The van der Waals surface area contributed by atoms with Gasteiger partial charge < -0.3 is 15.0 Å². The van der Waals surface area contributed by atoms with Crippen molar-refractivity contribution < 1.29 is 14.3 Å². The van der Waals surface area contributed by atoms with Gasteiger partial charge in [0.05, 0.1) is 6.61 Å². The second-order valence-electron chi connectivity index (χ2n) is 10.3. The summed E-state index contributed by atoms with van der Waals surface area (Å²) in [6.07, 6.45) is 6.91. The lowest BCUT2D eigenvalue weighted by Crippen LogP contribution is -2.52. The molecular formula is C33H40N2O3. The maximum Gasteiger partial charge on any atom is 0.243 e. The molecule has 38 heavy (non-hydrogen) atoms. The highest BCUT2D eigenvalue weighted by Crippen LogP contribution is 2.21. The molecule has 3 aromatic rings. The molecule has 0 aromatic heterocycles. The van der Waals surface area contributed by atoms with Crippen LogP contribution < -0.4 is 10.1 Å². The number of amides is 2. The summed E-state index contributed by atoms with van der Waals surface area (Å²) in [5.41, 5.74) is 3.24. The van der Waals surface area contributed by atoms with E-state index in [1.54, 1.807) is 4.90 Å². The molecule has 4 rings (SSSR count). The fraction of sp³-hybridized carbons (Fsp3) is 0.394. The van der Waals surface area contributed by atoms with Gasteiger partial charge in [0.15, 0.2) is 0 Å². The molecule has 1 fully saturated rings. The van der Waals surface area contributed by atoms with Crippen molar-refractivity contribution in [2.45, 2.75) is 76.9 Å². The number of nitrogens with zero attached hydrogens (tertiary/aromatic N) is 1. The molecule has 5 nitrogen and oxygen atoms in total. The van der Waals surface area contributed by atoms with E-state index in [0.29, 0.717) is 32.4 Å². The van der Waals surface area contributed by atoms with Crippen LogP contribution in [0, 0.1) is 6.92 Å². The minimum atomic E-state index is -0.580. The topological polar surface area (TPSA) is 58.6 Å². The van der Waals surface area contributed by atoms with E-state index in [1.807, 2.05) is 72.8 Å². The zero-order chi connectivity index (χ0) is 26.6. The molecule has 1 N–H and O–H groups in total. The third kappa shape index (κ3) is 8.47. The number of ether oxygens (including phenoxy) is 1. The summed E-state index contributed by atoms with van der Waals surface area (Å²) in [6.45, 7) is 2.90. The first-order valence-electron chi connectivity index (χ1n) is 14.0. The molecule has 1 atom stereocenters. The van der Waals surface area contributed by atoms with Crippen LogP contribution >= 0.6 is 0 Å². The number of aryl methyl sites for hydroxylation is 1. The Morgan fingerprint density at radius 3 is 2.21 bits per heavy atom. The summed E-state index contributed by atoms with van der Waals surface area (Å²) in [7, 11) is 0. The van der Waals surface area contributed by atoms with Crippen LogP contribution in [0.2, 0.25) is 0 Å². The first kappa shape index (κ1) is 27.4. The van der Waals surface area contributed by atoms with Crippen LogP contribution in [0.3, 0.4) is 0 Å². The highest BCUT2D eigenvalue weighted by molar-refractivity contribution is 5.88. The van der Waals surface area contributed by atoms with Crippen LogP contribution in [0.25, 0.3) is 0 Å². The van der Waals surface area contributed by atoms with Gasteiger partial charge in [0.1, 0.15) is 11.8 Å². The van der Waals surface area contributed by atoms with Crippen molar-refractivity contribution in [3.8, 4) is 5.75 Å². The molecule has 0 heterocycles. The number of nitrogens with one attached hydrogen (secondary N) is 1. The Morgan fingerprint density at radius 1 is 0.868 bits per heavy atom. The maximum absolute atomic E-state index is 13.8. The molecule has 0 bridgehead atoms. The minimum Gasteiger partial charge on any atom is -0.494 e. The molecule has 1 aliphatic rings.